The molecule has 112 valence electrons. The van der Waals surface area contributed by atoms with Crippen molar-refractivity contribution in [1.82, 2.24) is 20.5 Å². The molecule has 0 aliphatic heterocycles. The molecule has 0 radical (unpaired) electrons. The number of esters is 1. The van der Waals surface area contributed by atoms with Crippen LogP contribution in [0.1, 0.15) is 10.4 Å². The molecule has 0 saturated carbocycles. The molecule has 0 atom stereocenters. The molecule has 3 rings (SSSR count). The fraction of sp³-hybridized carbons (Fsp3) is 0.133. The average molecular weight is 298 g/mol. The molecule has 3 aromatic rings. The van der Waals surface area contributed by atoms with Crippen LogP contribution in [0.4, 0.5) is 0 Å². The number of nitrogens with zero attached hydrogens (tertiary/aromatic N) is 1. The molecule has 22 heavy (non-hydrogen) atoms. The molecule has 3 N–H and O–H groups in total. The van der Waals surface area contributed by atoms with Crippen LogP contribution in [0.15, 0.2) is 36.5 Å². The molecular formula is C15H14N4O3. The Morgan fingerprint density at radius 2 is 2.14 bits per heavy atom. The van der Waals surface area contributed by atoms with Crippen LogP contribution in [0.2, 0.25) is 0 Å². The van der Waals surface area contributed by atoms with E-state index in [9.17, 15) is 9.59 Å². The predicted octanol–water partition coefficient (Wildman–Crippen LogP) is 1.46. The predicted molar refractivity (Wildman–Crippen MR) is 80.2 cm³/mol. The van der Waals surface area contributed by atoms with Crippen molar-refractivity contribution in [2.75, 3.05) is 13.7 Å². The smallest absolute Gasteiger partial charge is 0.325 e. The Kier molecular flexibility index (Phi) is 3.61. The van der Waals surface area contributed by atoms with Crippen LogP contribution in [0.3, 0.4) is 0 Å². The SMILES string of the molecule is COC(=O)CNC(=O)c1ccc2[nH]c(-c3cc[nH]n3)cc2c1. The van der Waals surface area contributed by atoms with E-state index in [4.69, 9.17) is 0 Å². The molecule has 0 saturated heterocycles. The molecular weight excluding hydrogens is 284 g/mol. The zero-order valence-electron chi connectivity index (χ0n) is 11.8. The number of ether oxygens (including phenoxy) is 1. The number of amides is 1. The molecule has 0 spiro atoms. The van der Waals surface area contributed by atoms with Crippen molar-refractivity contribution in [2.24, 2.45) is 0 Å². The Labute approximate surface area is 125 Å². The van der Waals surface area contributed by atoms with Gasteiger partial charge >= 0.3 is 5.97 Å². The van der Waals surface area contributed by atoms with Crippen LogP contribution in [-0.2, 0) is 9.53 Å². The summed E-state index contributed by atoms with van der Waals surface area (Å²) < 4.78 is 4.48. The second-order valence-electron chi connectivity index (χ2n) is 4.70. The third kappa shape index (κ3) is 2.69. The molecule has 0 aliphatic rings. The Balaban J connectivity index is 1.83. The summed E-state index contributed by atoms with van der Waals surface area (Å²) in [7, 11) is 1.27. The summed E-state index contributed by atoms with van der Waals surface area (Å²) in [5.41, 5.74) is 3.04. The van der Waals surface area contributed by atoms with Crippen molar-refractivity contribution >= 4 is 22.8 Å². The molecule has 0 bridgehead atoms. The molecule has 0 fully saturated rings. The third-order valence-electron chi connectivity index (χ3n) is 3.28. The zero-order chi connectivity index (χ0) is 15.5. The van der Waals surface area contributed by atoms with E-state index in [0.29, 0.717) is 5.56 Å². The van der Waals surface area contributed by atoms with Crippen LogP contribution in [0.5, 0.6) is 0 Å². The summed E-state index contributed by atoms with van der Waals surface area (Å²) in [6, 6.07) is 9.05. The second-order valence-corrected chi connectivity index (χ2v) is 4.70. The van der Waals surface area contributed by atoms with Gasteiger partial charge in [-0.1, -0.05) is 0 Å². The van der Waals surface area contributed by atoms with Crippen LogP contribution in [0.25, 0.3) is 22.3 Å². The Morgan fingerprint density at radius 3 is 2.86 bits per heavy atom. The summed E-state index contributed by atoms with van der Waals surface area (Å²) in [5, 5.41) is 10.3. The maximum Gasteiger partial charge on any atom is 0.325 e. The lowest BCUT2D eigenvalue weighted by atomic mass is 10.1. The van der Waals surface area contributed by atoms with Gasteiger partial charge in [0.15, 0.2) is 0 Å². The highest BCUT2D eigenvalue weighted by molar-refractivity contribution is 5.99. The lowest BCUT2D eigenvalue weighted by Gasteiger charge is -2.03. The van der Waals surface area contributed by atoms with Gasteiger partial charge in [-0.25, -0.2) is 0 Å². The van der Waals surface area contributed by atoms with Gasteiger partial charge in [0, 0.05) is 22.7 Å². The van der Waals surface area contributed by atoms with Crippen molar-refractivity contribution in [3.8, 4) is 11.4 Å². The van der Waals surface area contributed by atoms with Crippen molar-refractivity contribution in [1.29, 1.82) is 0 Å². The van der Waals surface area contributed by atoms with Crippen LogP contribution in [-0.4, -0.2) is 40.7 Å². The average Bonchev–Trinajstić information content (AvgIpc) is 3.19. The maximum atomic E-state index is 12.0. The minimum Gasteiger partial charge on any atom is -0.468 e. The van der Waals surface area contributed by atoms with E-state index < -0.39 is 5.97 Å². The molecule has 2 heterocycles. The van der Waals surface area contributed by atoms with E-state index in [-0.39, 0.29) is 12.5 Å². The fourth-order valence-electron chi connectivity index (χ4n) is 2.15. The van der Waals surface area contributed by atoms with Crippen molar-refractivity contribution in [3.05, 3.63) is 42.1 Å². The molecule has 1 aromatic carbocycles. The minimum absolute atomic E-state index is 0.154. The van der Waals surface area contributed by atoms with Gasteiger partial charge in [0.25, 0.3) is 5.91 Å². The molecule has 1 amide bonds. The normalized spacial score (nSPS) is 10.6. The van der Waals surface area contributed by atoms with Crippen molar-refractivity contribution in [3.63, 3.8) is 0 Å². The third-order valence-corrected chi connectivity index (χ3v) is 3.28. The number of aromatic nitrogens is 3. The highest BCUT2D eigenvalue weighted by Crippen LogP contribution is 2.23. The Hall–Kier alpha value is -3.09. The highest BCUT2D eigenvalue weighted by atomic mass is 16.5. The number of H-pyrrole nitrogens is 2. The first kappa shape index (κ1) is 13.9. The lowest BCUT2D eigenvalue weighted by Crippen LogP contribution is -2.30. The van der Waals surface area contributed by atoms with E-state index in [0.717, 1.165) is 22.3 Å². The van der Waals surface area contributed by atoms with E-state index in [2.05, 4.69) is 25.2 Å². The topological polar surface area (TPSA) is 99.9 Å². The van der Waals surface area contributed by atoms with Gasteiger partial charge in [0.1, 0.15) is 12.2 Å². The largest absolute Gasteiger partial charge is 0.468 e. The number of rotatable bonds is 4. The maximum absolute atomic E-state index is 12.0. The number of carbonyl (C=O) groups is 2. The molecule has 2 aromatic heterocycles. The first-order chi connectivity index (χ1) is 10.7. The number of aromatic amines is 2. The molecule has 7 heteroatoms. The summed E-state index contributed by atoms with van der Waals surface area (Å²) in [6.45, 7) is -0.154. The summed E-state index contributed by atoms with van der Waals surface area (Å²) >= 11 is 0. The van der Waals surface area contributed by atoms with E-state index in [1.54, 1.807) is 18.3 Å². The van der Waals surface area contributed by atoms with E-state index in [1.807, 2.05) is 18.2 Å². The van der Waals surface area contributed by atoms with E-state index in [1.165, 1.54) is 7.11 Å². The van der Waals surface area contributed by atoms with E-state index >= 15 is 0 Å². The summed E-state index contributed by atoms with van der Waals surface area (Å²) in [5.74, 6) is -0.813. The van der Waals surface area contributed by atoms with Crippen molar-refractivity contribution in [2.45, 2.75) is 0 Å². The van der Waals surface area contributed by atoms with Crippen molar-refractivity contribution < 1.29 is 14.3 Å². The number of carbonyl (C=O) groups excluding carboxylic acids is 2. The van der Waals surface area contributed by atoms with Gasteiger partial charge in [-0.2, -0.15) is 5.10 Å². The lowest BCUT2D eigenvalue weighted by molar-refractivity contribution is -0.139. The van der Waals surface area contributed by atoms with Gasteiger partial charge in [0.2, 0.25) is 0 Å². The first-order valence-electron chi connectivity index (χ1n) is 6.65. The van der Waals surface area contributed by atoms with Gasteiger partial charge in [0.05, 0.1) is 12.8 Å². The van der Waals surface area contributed by atoms with Gasteiger partial charge in [-0.05, 0) is 30.3 Å². The standard InChI is InChI=1S/C15H14N4O3/c1-22-14(20)8-16-15(21)9-2-3-11-10(6-9)7-13(18-11)12-4-5-17-19-12/h2-7,18H,8H2,1H3,(H,16,21)(H,17,19). The number of nitrogens with one attached hydrogen (secondary N) is 3. The number of fused-ring (bicyclic) bond motifs is 1. The second kappa shape index (κ2) is 5.72. The Bertz CT molecular complexity index is 821. The zero-order valence-corrected chi connectivity index (χ0v) is 11.8. The molecule has 7 nitrogen and oxygen atoms in total. The van der Waals surface area contributed by atoms with Gasteiger partial charge in [-0.15, -0.1) is 0 Å². The monoisotopic (exact) mass is 298 g/mol. The quantitative estimate of drug-likeness (QED) is 0.635. The van der Waals surface area contributed by atoms with Gasteiger partial charge in [-0.3, -0.25) is 14.7 Å². The fourth-order valence-corrected chi connectivity index (χ4v) is 2.15. The number of benzene rings is 1. The number of hydrogen-bond donors (Lipinski definition) is 3. The summed E-state index contributed by atoms with van der Waals surface area (Å²) in [4.78, 5) is 26.3. The van der Waals surface area contributed by atoms with Crippen LogP contribution >= 0.6 is 0 Å². The first-order valence-corrected chi connectivity index (χ1v) is 6.65. The van der Waals surface area contributed by atoms with Crippen LogP contribution in [0, 0.1) is 0 Å². The Morgan fingerprint density at radius 1 is 1.27 bits per heavy atom. The van der Waals surface area contributed by atoms with Gasteiger partial charge < -0.3 is 15.0 Å². The van der Waals surface area contributed by atoms with Crippen LogP contribution < -0.4 is 5.32 Å². The molecule has 0 aliphatic carbocycles. The number of hydrogen-bond acceptors (Lipinski definition) is 4. The summed E-state index contributed by atoms with van der Waals surface area (Å²) in [6.07, 6.45) is 1.74. The minimum atomic E-state index is -0.489. The number of methoxy groups -OCH3 is 1. The highest BCUT2D eigenvalue weighted by Gasteiger charge is 2.11. The molecule has 0 unspecified atom stereocenters.